The third-order valence-electron chi connectivity index (χ3n) is 0.851. The van der Waals surface area contributed by atoms with Gasteiger partial charge in [-0.15, -0.1) is 11.3 Å². The van der Waals surface area contributed by atoms with Crippen LogP contribution in [0.4, 0.5) is 5.13 Å². The van der Waals surface area contributed by atoms with Crippen LogP contribution in [-0.2, 0) is 10.2 Å². The van der Waals surface area contributed by atoms with Crippen molar-refractivity contribution in [1.82, 2.24) is 4.98 Å². The highest BCUT2D eigenvalue weighted by molar-refractivity contribution is 7.90. The molecule has 1 heterocycles. The molecule has 62 valence electrons. The van der Waals surface area contributed by atoms with Crippen LogP contribution in [0.3, 0.4) is 0 Å². The summed E-state index contributed by atoms with van der Waals surface area (Å²) in [6.07, 6.45) is 1.57. The summed E-state index contributed by atoms with van der Waals surface area (Å²) in [5.41, 5.74) is 0. The lowest BCUT2D eigenvalue weighted by Gasteiger charge is -1.95. The fourth-order valence-electron chi connectivity index (χ4n) is 0.524. The lowest BCUT2D eigenvalue weighted by Crippen LogP contribution is -2.21. The van der Waals surface area contributed by atoms with Crippen LogP contribution in [0.5, 0.6) is 0 Å². The van der Waals surface area contributed by atoms with E-state index in [4.69, 9.17) is 5.14 Å². The molecule has 0 aliphatic heterocycles. The monoisotopic (exact) mass is 193 g/mol. The average molecular weight is 193 g/mol. The van der Waals surface area contributed by atoms with Crippen LogP contribution in [0.25, 0.3) is 0 Å². The highest BCUT2D eigenvalue weighted by atomic mass is 32.2. The Morgan fingerprint density at radius 3 is 2.73 bits per heavy atom. The Bertz CT molecular complexity index is 342. The summed E-state index contributed by atoms with van der Waals surface area (Å²) in [6.45, 7) is 1.83. The molecule has 0 aliphatic rings. The molecule has 0 radical (unpaired) electrons. The molecule has 0 spiro atoms. The number of thiazole rings is 1. The summed E-state index contributed by atoms with van der Waals surface area (Å²) in [6, 6.07) is 0. The molecule has 0 fully saturated rings. The van der Waals surface area contributed by atoms with Gasteiger partial charge < -0.3 is 0 Å². The second-order valence-corrected chi connectivity index (χ2v) is 4.45. The number of anilines is 1. The van der Waals surface area contributed by atoms with Crippen molar-refractivity contribution in [2.45, 2.75) is 6.92 Å². The van der Waals surface area contributed by atoms with Gasteiger partial charge in [-0.3, -0.25) is 0 Å². The first-order valence-electron chi connectivity index (χ1n) is 2.70. The van der Waals surface area contributed by atoms with Crippen molar-refractivity contribution in [1.29, 1.82) is 0 Å². The minimum Gasteiger partial charge on any atom is -0.246 e. The standard InChI is InChI=1S/C4H7N3O2S2/c1-3-2-6-4(10-3)7-11(5,8)9/h2H,1H3,(H,6,7)(H2,5,8,9). The van der Waals surface area contributed by atoms with E-state index in [1.165, 1.54) is 11.3 Å². The Morgan fingerprint density at radius 1 is 1.73 bits per heavy atom. The molecule has 0 aromatic carbocycles. The van der Waals surface area contributed by atoms with E-state index < -0.39 is 10.2 Å². The molecule has 0 aliphatic carbocycles. The molecular weight excluding hydrogens is 186 g/mol. The van der Waals surface area contributed by atoms with E-state index in [1.807, 2.05) is 6.92 Å². The molecular formula is C4H7N3O2S2. The van der Waals surface area contributed by atoms with Gasteiger partial charge in [0.1, 0.15) is 0 Å². The number of nitrogens with zero attached hydrogens (tertiary/aromatic N) is 1. The lowest BCUT2D eigenvalue weighted by molar-refractivity contribution is 0.603. The Kier molecular flexibility index (Phi) is 2.12. The fourth-order valence-corrected chi connectivity index (χ4v) is 1.85. The van der Waals surface area contributed by atoms with E-state index in [0.29, 0.717) is 5.13 Å². The summed E-state index contributed by atoms with van der Waals surface area (Å²) in [5.74, 6) is 0. The maximum atomic E-state index is 10.4. The third kappa shape index (κ3) is 2.83. The molecule has 11 heavy (non-hydrogen) atoms. The van der Waals surface area contributed by atoms with Gasteiger partial charge in [0.25, 0.3) is 10.2 Å². The number of hydrogen-bond acceptors (Lipinski definition) is 4. The van der Waals surface area contributed by atoms with Gasteiger partial charge in [-0.1, -0.05) is 0 Å². The molecule has 0 saturated carbocycles. The summed E-state index contributed by atoms with van der Waals surface area (Å²) < 4.78 is 22.9. The predicted molar refractivity (Wildman–Crippen MR) is 43.6 cm³/mol. The Labute approximate surface area is 68.4 Å². The molecule has 1 rings (SSSR count). The molecule has 7 heteroatoms. The molecule has 0 amide bonds. The first kappa shape index (κ1) is 8.44. The smallest absolute Gasteiger partial charge is 0.246 e. The van der Waals surface area contributed by atoms with Crippen LogP contribution < -0.4 is 9.86 Å². The zero-order chi connectivity index (χ0) is 8.48. The maximum absolute atomic E-state index is 10.4. The minimum atomic E-state index is -3.67. The van der Waals surface area contributed by atoms with Gasteiger partial charge in [0, 0.05) is 11.1 Å². The minimum absolute atomic E-state index is 0.296. The van der Waals surface area contributed by atoms with Crippen molar-refractivity contribution in [2.75, 3.05) is 4.72 Å². The molecule has 0 atom stereocenters. The van der Waals surface area contributed by atoms with Gasteiger partial charge in [-0.25, -0.2) is 14.8 Å². The van der Waals surface area contributed by atoms with Crippen molar-refractivity contribution in [3.63, 3.8) is 0 Å². The summed E-state index contributed by atoms with van der Waals surface area (Å²) in [4.78, 5) is 4.68. The quantitative estimate of drug-likeness (QED) is 0.696. The van der Waals surface area contributed by atoms with Crippen LogP contribution in [0.1, 0.15) is 4.88 Å². The van der Waals surface area contributed by atoms with Crippen LogP contribution in [0.15, 0.2) is 6.20 Å². The highest BCUT2D eigenvalue weighted by Gasteiger charge is 2.04. The van der Waals surface area contributed by atoms with Crippen molar-refractivity contribution in [2.24, 2.45) is 5.14 Å². The second kappa shape index (κ2) is 2.76. The highest BCUT2D eigenvalue weighted by Crippen LogP contribution is 2.16. The molecule has 0 bridgehead atoms. The molecule has 5 nitrogen and oxygen atoms in total. The van der Waals surface area contributed by atoms with Crippen LogP contribution in [0.2, 0.25) is 0 Å². The number of nitrogens with one attached hydrogen (secondary N) is 1. The van der Waals surface area contributed by atoms with E-state index in [1.54, 1.807) is 6.20 Å². The Hall–Kier alpha value is -0.660. The van der Waals surface area contributed by atoms with Crippen molar-refractivity contribution in [3.05, 3.63) is 11.1 Å². The largest absolute Gasteiger partial charge is 0.298 e. The zero-order valence-electron chi connectivity index (χ0n) is 5.73. The average Bonchev–Trinajstić information content (AvgIpc) is 2.10. The number of hydrogen-bond donors (Lipinski definition) is 2. The SMILES string of the molecule is Cc1cnc(NS(N)(=O)=O)s1. The first-order chi connectivity index (χ1) is 4.97. The molecule has 1 aromatic rings. The van der Waals surface area contributed by atoms with E-state index in [-0.39, 0.29) is 0 Å². The molecule has 0 unspecified atom stereocenters. The van der Waals surface area contributed by atoms with Gasteiger partial charge in [0.15, 0.2) is 5.13 Å². The van der Waals surface area contributed by atoms with Crippen molar-refractivity contribution < 1.29 is 8.42 Å². The number of aromatic nitrogens is 1. The summed E-state index contributed by atoms with van der Waals surface area (Å²) in [7, 11) is -3.67. The molecule has 0 saturated heterocycles. The Morgan fingerprint density at radius 2 is 2.36 bits per heavy atom. The van der Waals surface area contributed by atoms with Crippen LogP contribution in [-0.4, -0.2) is 13.4 Å². The first-order valence-corrected chi connectivity index (χ1v) is 5.06. The van der Waals surface area contributed by atoms with Gasteiger partial charge in [-0.05, 0) is 6.92 Å². The summed E-state index contributed by atoms with van der Waals surface area (Å²) in [5, 5.41) is 5.00. The van der Waals surface area contributed by atoms with Crippen LogP contribution in [0, 0.1) is 6.92 Å². The third-order valence-corrected chi connectivity index (χ3v) is 2.29. The van der Waals surface area contributed by atoms with E-state index in [2.05, 4.69) is 9.71 Å². The number of rotatable bonds is 2. The molecule has 3 N–H and O–H groups in total. The normalized spacial score (nSPS) is 11.5. The topological polar surface area (TPSA) is 85.1 Å². The maximum Gasteiger partial charge on any atom is 0.298 e. The number of aryl methyl sites for hydroxylation is 1. The fraction of sp³-hybridized carbons (Fsp3) is 0.250. The van der Waals surface area contributed by atoms with Crippen molar-refractivity contribution in [3.8, 4) is 0 Å². The lowest BCUT2D eigenvalue weighted by atomic mass is 10.7. The van der Waals surface area contributed by atoms with E-state index >= 15 is 0 Å². The zero-order valence-corrected chi connectivity index (χ0v) is 7.37. The van der Waals surface area contributed by atoms with Gasteiger partial charge >= 0.3 is 0 Å². The number of nitrogens with two attached hydrogens (primary N) is 1. The summed E-state index contributed by atoms with van der Waals surface area (Å²) >= 11 is 1.23. The predicted octanol–water partition coefficient (Wildman–Crippen LogP) is 0.0669. The van der Waals surface area contributed by atoms with Gasteiger partial charge in [0.05, 0.1) is 0 Å². The second-order valence-electron chi connectivity index (χ2n) is 1.92. The van der Waals surface area contributed by atoms with Crippen LogP contribution >= 0.6 is 11.3 Å². The van der Waals surface area contributed by atoms with Crippen molar-refractivity contribution >= 4 is 26.7 Å². The Balaban J connectivity index is 2.81. The van der Waals surface area contributed by atoms with Gasteiger partial charge in [0.2, 0.25) is 0 Å². The van der Waals surface area contributed by atoms with Gasteiger partial charge in [-0.2, -0.15) is 8.42 Å². The van der Waals surface area contributed by atoms with E-state index in [0.717, 1.165) is 4.88 Å². The molecule has 1 aromatic heterocycles. The van der Waals surface area contributed by atoms with E-state index in [9.17, 15) is 8.42 Å².